The lowest BCUT2D eigenvalue weighted by Crippen LogP contribution is -2.57. The summed E-state index contributed by atoms with van der Waals surface area (Å²) in [6, 6.07) is 10.0. The van der Waals surface area contributed by atoms with Crippen molar-refractivity contribution in [2.45, 2.75) is 57.7 Å². The zero-order valence-corrected chi connectivity index (χ0v) is 17.1. The van der Waals surface area contributed by atoms with Crippen LogP contribution in [0.25, 0.3) is 6.08 Å². The van der Waals surface area contributed by atoms with Gasteiger partial charge >= 0.3 is 0 Å². The third kappa shape index (κ3) is 4.65. The minimum atomic E-state index is -1.89. The van der Waals surface area contributed by atoms with Crippen LogP contribution < -0.4 is 0 Å². The second-order valence-electron chi connectivity index (χ2n) is 8.10. The molecule has 0 saturated heterocycles. The van der Waals surface area contributed by atoms with Gasteiger partial charge < -0.3 is 8.85 Å². The van der Waals surface area contributed by atoms with Gasteiger partial charge in [0.25, 0.3) is 0 Å². The van der Waals surface area contributed by atoms with Gasteiger partial charge in [0.2, 0.25) is 8.32 Å². The summed E-state index contributed by atoms with van der Waals surface area (Å²) in [5.74, 6) is 0.863. The molecule has 126 valence electrons. The van der Waals surface area contributed by atoms with Crippen LogP contribution in [0.15, 0.2) is 36.1 Å². The first kappa shape index (κ1) is 18.2. The van der Waals surface area contributed by atoms with E-state index in [2.05, 4.69) is 39.3 Å². The van der Waals surface area contributed by atoms with Crippen molar-refractivity contribution < 1.29 is 13.6 Å². The van der Waals surface area contributed by atoms with E-state index in [4.69, 9.17) is 8.85 Å². The molecule has 0 N–H and O–H groups in total. The third-order valence-electron chi connectivity index (χ3n) is 3.55. The molecule has 23 heavy (non-hydrogen) atoms. The smallest absolute Gasteiger partial charge is 0.241 e. The minimum Gasteiger partial charge on any atom is -0.545 e. The zero-order chi connectivity index (χ0) is 17.3. The van der Waals surface area contributed by atoms with Gasteiger partial charge in [-0.25, -0.2) is 0 Å². The average molecular weight is 349 g/mol. The Hall–Kier alpha value is -1.18. The lowest BCUT2D eigenvalue weighted by Gasteiger charge is -2.46. The molecule has 1 aliphatic carbocycles. The van der Waals surface area contributed by atoms with E-state index >= 15 is 0 Å². The number of carbonyl (C=O) groups is 1. The van der Waals surface area contributed by atoms with Crippen molar-refractivity contribution in [2.75, 3.05) is 0 Å². The van der Waals surface area contributed by atoms with Crippen LogP contribution in [0.1, 0.15) is 18.4 Å². The van der Waals surface area contributed by atoms with E-state index < -0.39 is 22.2 Å². The Kier molecular flexibility index (Phi) is 5.04. The number of benzene rings is 1. The second-order valence-corrected chi connectivity index (χ2v) is 17.0. The fraction of sp³-hybridized carbons (Fsp3) is 0.500. The van der Waals surface area contributed by atoms with Gasteiger partial charge in [-0.2, -0.15) is 0 Å². The number of Topliss-reactive ketones (excluding diaryl/α,β-unsaturated/α-hetero) is 1. The molecule has 0 spiro atoms. The van der Waals surface area contributed by atoms with Crippen LogP contribution >= 0.6 is 0 Å². The summed E-state index contributed by atoms with van der Waals surface area (Å²) < 4.78 is 12.7. The highest BCUT2D eigenvalue weighted by Crippen LogP contribution is 2.43. The molecule has 1 atom stereocenters. The van der Waals surface area contributed by atoms with Crippen LogP contribution in [-0.2, 0) is 13.6 Å². The van der Waals surface area contributed by atoms with Gasteiger partial charge in [-0.3, -0.25) is 4.79 Å². The molecule has 1 fully saturated rings. The summed E-state index contributed by atoms with van der Waals surface area (Å²) in [5.41, 5.74) is 0.180. The zero-order valence-electron chi connectivity index (χ0n) is 15.1. The van der Waals surface area contributed by atoms with E-state index in [-0.39, 0.29) is 5.78 Å². The minimum absolute atomic E-state index is 0.153. The first-order chi connectivity index (χ1) is 10.5. The largest absolute Gasteiger partial charge is 0.545 e. The van der Waals surface area contributed by atoms with Crippen LogP contribution in [-0.4, -0.2) is 28.0 Å². The van der Waals surface area contributed by atoms with Crippen molar-refractivity contribution in [3.05, 3.63) is 41.7 Å². The number of ketones is 1. The van der Waals surface area contributed by atoms with E-state index in [1.807, 2.05) is 36.4 Å². The maximum absolute atomic E-state index is 12.5. The highest BCUT2D eigenvalue weighted by molar-refractivity contribution is 6.70. The normalized spacial score (nSPS) is 22.7. The molecule has 1 aliphatic rings. The van der Waals surface area contributed by atoms with Crippen molar-refractivity contribution >= 4 is 28.5 Å². The van der Waals surface area contributed by atoms with E-state index in [9.17, 15) is 4.79 Å². The predicted octanol–water partition coefficient (Wildman–Crippen LogP) is 4.83. The number of carbonyl (C=O) groups excluding carboxylic acids is 1. The predicted molar refractivity (Wildman–Crippen MR) is 100 cm³/mol. The highest BCUT2D eigenvalue weighted by Gasteiger charge is 2.54. The Labute approximate surface area is 142 Å². The number of rotatable bonds is 6. The number of hydrogen-bond acceptors (Lipinski definition) is 3. The molecule has 1 saturated carbocycles. The first-order valence-corrected chi connectivity index (χ1v) is 15.0. The van der Waals surface area contributed by atoms with Crippen LogP contribution in [0.4, 0.5) is 0 Å². The summed E-state index contributed by atoms with van der Waals surface area (Å²) in [6.45, 7) is 12.8. The van der Waals surface area contributed by atoms with Crippen molar-refractivity contribution in [1.82, 2.24) is 0 Å². The van der Waals surface area contributed by atoms with Crippen LogP contribution in [0.5, 0.6) is 0 Å². The highest BCUT2D eigenvalue weighted by atomic mass is 28.4. The van der Waals surface area contributed by atoms with Gasteiger partial charge in [0, 0.05) is 6.42 Å². The second kappa shape index (κ2) is 6.38. The van der Waals surface area contributed by atoms with Gasteiger partial charge in [-0.1, -0.05) is 30.3 Å². The molecule has 2 rings (SSSR count). The van der Waals surface area contributed by atoms with Gasteiger partial charge in [-0.15, -0.1) is 0 Å². The number of hydrogen-bond donors (Lipinski definition) is 0. The van der Waals surface area contributed by atoms with Crippen molar-refractivity contribution in [1.29, 1.82) is 0 Å². The van der Waals surface area contributed by atoms with E-state index in [0.717, 1.165) is 12.0 Å². The first-order valence-electron chi connectivity index (χ1n) is 8.22. The van der Waals surface area contributed by atoms with Gasteiger partial charge in [0.15, 0.2) is 19.7 Å². The quantitative estimate of drug-likeness (QED) is 0.545. The standard InChI is InChI=1S/C18H28O3Si2/c1-22(2,3)20-17(14-15-10-8-7-9-11-15)18(13-12-16(18)19)21-23(4,5)6/h7-11,14H,12-13H2,1-6H3/b17-14-. The molecule has 1 aromatic rings. The third-order valence-corrected chi connectivity index (χ3v) is 5.34. The van der Waals surface area contributed by atoms with E-state index in [1.54, 1.807) is 0 Å². The molecular formula is C18H28O3Si2. The lowest BCUT2D eigenvalue weighted by atomic mass is 9.77. The summed E-state index contributed by atoms with van der Waals surface area (Å²) in [7, 11) is -3.74. The monoisotopic (exact) mass is 348 g/mol. The lowest BCUT2D eigenvalue weighted by molar-refractivity contribution is -0.145. The van der Waals surface area contributed by atoms with Crippen LogP contribution in [0.3, 0.4) is 0 Å². The van der Waals surface area contributed by atoms with Gasteiger partial charge in [-0.05, 0) is 57.3 Å². The topological polar surface area (TPSA) is 35.5 Å². The Morgan fingerprint density at radius 3 is 2.04 bits per heavy atom. The summed E-state index contributed by atoms with van der Waals surface area (Å²) in [6.07, 6.45) is 3.29. The molecule has 0 bridgehead atoms. The summed E-state index contributed by atoms with van der Waals surface area (Å²) in [4.78, 5) is 12.5. The molecule has 0 radical (unpaired) electrons. The van der Waals surface area contributed by atoms with Crippen molar-refractivity contribution in [2.24, 2.45) is 0 Å². The Morgan fingerprint density at radius 2 is 1.65 bits per heavy atom. The molecule has 5 heteroatoms. The molecule has 0 aromatic heterocycles. The Bertz CT molecular complexity index is 597. The van der Waals surface area contributed by atoms with Gasteiger partial charge in [0.1, 0.15) is 5.76 Å². The van der Waals surface area contributed by atoms with E-state index in [0.29, 0.717) is 12.2 Å². The van der Waals surface area contributed by atoms with Crippen molar-refractivity contribution in [3.8, 4) is 0 Å². The molecule has 0 aliphatic heterocycles. The maximum Gasteiger partial charge on any atom is 0.241 e. The molecule has 0 amide bonds. The molecular weight excluding hydrogens is 320 g/mol. The summed E-state index contributed by atoms with van der Waals surface area (Å²) >= 11 is 0. The maximum atomic E-state index is 12.5. The van der Waals surface area contributed by atoms with Crippen molar-refractivity contribution in [3.63, 3.8) is 0 Å². The van der Waals surface area contributed by atoms with E-state index in [1.165, 1.54) is 0 Å². The van der Waals surface area contributed by atoms with Gasteiger partial charge in [0.05, 0.1) is 0 Å². The molecule has 1 unspecified atom stereocenters. The Balaban J connectivity index is 2.46. The SMILES string of the molecule is C[Si](C)(C)O/C(=C\c1ccccc1)C1(O[Si](C)(C)C)CCC1=O. The fourth-order valence-corrected chi connectivity index (χ4v) is 4.90. The molecule has 1 aromatic carbocycles. The molecule has 0 heterocycles. The average Bonchev–Trinajstić information content (AvgIpc) is 2.41. The van der Waals surface area contributed by atoms with Crippen LogP contribution in [0, 0.1) is 0 Å². The van der Waals surface area contributed by atoms with Crippen LogP contribution in [0.2, 0.25) is 39.3 Å². The summed E-state index contributed by atoms with van der Waals surface area (Å²) in [5, 5.41) is 0. The fourth-order valence-electron chi connectivity index (χ4n) is 2.65. The Morgan fingerprint density at radius 1 is 1.04 bits per heavy atom. The molecule has 3 nitrogen and oxygen atoms in total.